The number of carbonyl (C=O) groups excluding carboxylic acids is 3. The van der Waals surface area contributed by atoms with Crippen LogP contribution in [0.1, 0.15) is 26.2 Å². The van der Waals surface area contributed by atoms with E-state index in [0.29, 0.717) is 5.75 Å². The number of primary amides is 1. The van der Waals surface area contributed by atoms with Crippen molar-refractivity contribution in [3.63, 3.8) is 0 Å². The molecule has 0 aromatic carbocycles. The molecule has 9 nitrogen and oxygen atoms in total. The Kier molecular flexibility index (Phi) is 9.99. The lowest BCUT2D eigenvalue weighted by Crippen LogP contribution is -2.53. The smallest absolute Gasteiger partial charge is 0.326 e. The summed E-state index contributed by atoms with van der Waals surface area (Å²) in [4.78, 5) is 45.4. The number of rotatable bonds is 11. The Balaban J connectivity index is 4.44. The van der Waals surface area contributed by atoms with E-state index in [-0.39, 0.29) is 19.3 Å². The molecule has 10 heteroatoms. The Hall–Kier alpha value is -1.81. The standard InChI is InChI=1S/C13H24N4O5S/c1-7(16-12(20)8(14)3-4-10(15)18)11(19)17-9(13(21)22)5-6-23-2/h7-9H,3-6,14H2,1-2H3,(H2,15,18)(H,16,20)(H,17,19)(H,21,22)/t7-,8-,9-/m0/s1. The molecular weight excluding hydrogens is 324 g/mol. The first-order valence-electron chi connectivity index (χ1n) is 7.05. The van der Waals surface area contributed by atoms with Crippen molar-refractivity contribution in [2.45, 2.75) is 44.3 Å². The van der Waals surface area contributed by atoms with Gasteiger partial charge in [0.05, 0.1) is 6.04 Å². The summed E-state index contributed by atoms with van der Waals surface area (Å²) in [5.41, 5.74) is 10.5. The molecule has 3 atom stereocenters. The lowest BCUT2D eigenvalue weighted by atomic mass is 10.1. The first-order valence-corrected chi connectivity index (χ1v) is 8.44. The summed E-state index contributed by atoms with van der Waals surface area (Å²) in [6, 6.07) is -2.93. The van der Waals surface area contributed by atoms with E-state index < -0.39 is 41.8 Å². The molecule has 0 fully saturated rings. The third kappa shape index (κ3) is 9.04. The fraction of sp³-hybridized carbons (Fsp3) is 0.692. The lowest BCUT2D eigenvalue weighted by molar-refractivity contribution is -0.142. The molecule has 0 unspecified atom stereocenters. The van der Waals surface area contributed by atoms with Crippen molar-refractivity contribution in [3.8, 4) is 0 Å². The molecule has 0 aliphatic rings. The number of carboxylic acid groups (broad SMARTS) is 1. The van der Waals surface area contributed by atoms with Gasteiger partial charge in [0.15, 0.2) is 0 Å². The van der Waals surface area contributed by atoms with Crippen LogP contribution in [-0.2, 0) is 19.2 Å². The van der Waals surface area contributed by atoms with E-state index in [1.165, 1.54) is 18.7 Å². The number of carboxylic acids is 1. The van der Waals surface area contributed by atoms with Crippen LogP contribution < -0.4 is 22.1 Å². The highest BCUT2D eigenvalue weighted by molar-refractivity contribution is 7.98. The van der Waals surface area contributed by atoms with Crippen LogP contribution in [0.4, 0.5) is 0 Å². The van der Waals surface area contributed by atoms with Crippen LogP contribution in [-0.4, -0.2) is 58.9 Å². The van der Waals surface area contributed by atoms with Gasteiger partial charge < -0.3 is 27.2 Å². The van der Waals surface area contributed by atoms with Crippen molar-refractivity contribution >= 4 is 35.5 Å². The molecule has 0 radical (unpaired) electrons. The van der Waals surface area contributed by atoms with Gasteiger partial charge in [0.2, 0.25) is 17.7 Å². The average Bonchev–Trinajstić information content (AvgIpc) is 2.47. The fourth-order valence-corrected chi connectivity index (χ4v) is 2.08. The molecule has 23 heavy (non-hydrogen) atoms. The lowest BCUT2D eigenvalue weighted by Gasteiger charge is -2.20. The van der Waals surface area contributed by atoms with Crippen LogP contribution in [0.15, 0.2) is 0 Å². The summed E-state index contributed by atoms with van der Waals surface area (Å²) < 4.78 is 0. The Labute approximate surface area is 138 Å². The molecule has 3 amide bonds. The first-order chi connectivity index (χ1) is 10.7. The normalized spacial score (nSPS) is 14.4. The van der Waals surface area contributed by atoms with Crippen LogP contribution in [0.25, 0.3) is 0 Å². The Morgan fingerprint density at radius 2 is 1.74 bits per heavy atom. The predicted molar refractivity (Wildman–Crippen MR) is 86.6 cm³/mol. The van der Waals surface area contributed by atoms with Gasteiger partial charge in [-0.25, -0.2) is 4.79 Å². The van der Waals surface area contributed by atoms with Crippen LogP contribution in [0.2, 0.25) is 0 Å². The van der Waals surface area contributed by atoms with E-state index in [4.69, 9.17) is 16.6 Å². The zero-order valence-corrected chi connectivity index (χ0v) is 14.0. The molecule has 0 spiro atoms. The van der Waals surface area contributed by atoms with Gasteiger partial charge in [0.1, 0.15) is 12.1 Å². The molecule has 0 saturated heterocycles. The minimum Gasteiger partial charge on any atom is -0.480 e. The van der Waals surface area contributed by atoms with Gasteiger partial charge in [-0.15, -0.1) is 0 Å². The minimum absolute atomic E-state index is 0.0368. The largest absolute Gasteiger partial charge is 0.480 e. The predicted octanol–water partition coefficient (Wildman–Crippen LogP) is -1.59. The number of nitrogens with two attached hydrogens (primary N) is 2. The molecule has 7 N–H and O–H groups in total. The van der Waals surface area contributed by atoms with Crippen molar-refractivity contribution in [1.82, 2.24) is 10.6 Å². The zero-order chi connectivity index (χ0) is 18.0. The van der Waals surface area contributed by atoms with Gasteiger partial charge in [-0.1, -0.05) is 0 Å². The maximum absolute atomic E-state index is 11.9. The monoisotopic (exact) mass is 348 g/mol. The van der Waals surface area contributed by atoms with Crippen LogP contribution >= 0.6 is 11.8 Å². The van der Waals surface area contributed by atoms with Crippen molar-refractivity contribution in [2.75, 3.05) is 12.0 Å². The van der Waals surface area contributed by atoms with E-state index in [9.17, 15) is 19.2 Å². The summed E-state index contributed by atoms with van der Waals surface area (Å²) in [5, 5.41) is 13.8. The quantitative estimate of drug-likeness (QED) is 0.300. The zero-order valence-electron chi connectivity index (χ0n) is 13.2. The fourth-order valence-electron chi connectivity index (χ4n) is 1.60. The van der Waals surface area contributed by atoms with Gasteiger partial charge >= 0.3 is 5.97 Å². The number of thioether (sulfide) groups is 1. The number of hydrogen-bond acceptors (Lipinski definition) is 6. The maximum atomic E-state index is 11.9. The topological polar surface area (TPSA) is 165 Å². The second-order valence-corrected chi connectivity index (χ2v) is 6.01. The Bertz CT molecular complexity index is 446. The highest BCUT2D eigenvalue weighted by Gasteiger charge is 2.25. The van der Waals surface area contributed by atoms with Crippen molar-refractivity contribution in [1.29, 1.82) is 0 Å². The van der Waals surface area contributed by atoms with Gasteiger partial charge in [-0.2, -0.15) is 11.8 Å². The van der Waals surface area contributed by atoms with E-state index in [0.717, 1.165) is 0 Å². The van der Waals surface area contributed by atoms with Gasteiger partial charge in [0.25, 0.3) is 0 Å². The van der Waals surface area contributed by atoms with E-state index >= 15 is 0 Å². The summed E-state index contributed by atoms with van der Waals surface area (Å²) in [7, 11) is 0. The third-order valence-corrected chi connectivity index (χ3v) is 3.66. The van der Waals surface area contributed by atoms with Crippen molar-refractivity contribution in [3.05, 3.63) is 0 Å². The van der Waals surface area contributed by atoms with Gasteiger partial charge in [0, 0.05) is 6.42 Å². The van der Waals surface area contributed by atoms with E-state index in [2.05, 4.69) is 10.6 Å². The highest BCUT2D eigenvalue weighted by atomic mass is 32.2. The molecule has 0 heterocycles. The second-order valence-electron chi connectivity index (χ2n) is 5.02. The summed E-state index contributed by atoms with van der Waals surface area (Å²) in [6.45, 7) is 1.42. The summed E-state index contributed by atoms with van der Waals surface area (Å²) in [6.07, 6.45) is 2.14. The average molecular weight is 348 g/mol. The molecule has 0 aromatic heterocycles. The minimum atomic E-state index is -1.14. The van der Waals surface area contributed by atoms with Gasteiger partial charge in [-0.3, -0.25) is 14.4 Å². The molecule has 0 saturated carbocycles. The van der Waals surface area contributed by atoms with E-state index in [1.54, 1.807) is 0 Å². The maximum Gasteiger partial charge on any atom is 0.326 e. The molecule has 132 valence electrons. The van der Waals surface area contributed by atoms with Crippen LogP contribution in [0.5, 0.6) is 0 Å². The van der Waals surface area contributed by atoms with Gasteiger partial charge in [-0.05, 0) is 31.8 Å². The van der Waals surface area contributed by atoms with Crippen molar-refractivity contribution in [2.24, 2.45) is 11.5 Å². The molecular formula is C13H24N4O5S. The second kappa shape index (κ2) is 10.8. The van der Waals surface area contributed by atoms with Crippen LogP contribution in [0, 0.1) is 0 Å². The SMILES string of the molecule is CSCC[C@H](NC(=O)[C@H](C)NC(=O)[C@@H](N)CCC(N)=O)C(=O)O. The number of carbonyl (C=O) groups is 4. The highest BCUT2D eigenvalue weighted by Crippen LogP contribution is 2.02. The number of hydrogen-bond donors (Lipinski definition) is 5. The molecule has 0 bridgehead atoms. The third-order valence-electron chi connectivity index (χ3n) is 3.02. The van der Waals surface area contributed by atoms with E-state index in [1.807, 2.05) is 6.26 Å². The summed E-state index contributed by atoms with van der Waals surface area (Å²) >= 11 is 1.47. The number of nitrogens with one attached hydrogen (secondary N) is 2. The van der Waals surface area contributed by atoms with Crippen LogP contribution in [0.3, 0.4) is 0 Å². The Morgan fingerprint density at radius 3 is 2.22 bits per heavy atom. The number of aliphatic carboxylic acids is 1. The molecule has 0 aromatic rings. The molecule has 0 aliphatic heterocycles. The summed E-state index contributed by atoms with van der Waals surface area (Å²) in [5.74, 6) is -2.35. The Morgan fingerprint density at radius 1 is 1.13 bits per heavy atom. The molecule has 0 aliphatic carbocycles. The van der Waals surface area contributed by atoms with Crippen molar-refractivity contribution < 1.29 is 24.3 Å². The number of amides is 3. The first kappa shape index (κ1) is 21.2. The molecule has 0 rings (SSSR count).